The SMILES string of the molecule is CCCCNC(=O)N1CCC2(CC1)SCCN2C(=O)c1ccccc1F. The van der Waals surface area contributed by atoms with E-state index in [0.717, 1.165) is 31.4 Å². The zero-order valence-electron chi connectivity index (χ0n) is 15.2. The summed E-state index contributed by atoms with van der Waals surface area (Å²) in [6.45, 7) is 4.65. The second kappa shape index (κ2) is 8.29. The molecule has 1 spiro atoms. The van der Waals surface area contributed by atoms with Gasteiger partial charge in [0.25, 0.3) is 5.91 Å². The van der Waals surface area contributed by atoms with Gasteiger partial charge in [-0.15, -0.1) is 11.8 Å². The molecular formula is C19H26FN3O2S. The standard InChI is InChI=1S/C19H26FN3O2S/c1-2-3-10-21-18(25)22-11-8-19(9-12-22)23(13-14-26-19)17(24)15-6-4-5-7-16(15)20/h4-7H,2-3,8-14H2,1H3,(H,21,25). The lowest BCUT2D eigenvalue weighted by Crippen LogP contribution is -2.55. The predicted octanol–water partition coefficient (Wildman–Crippen LogP) is 3.32. The van der Waals surface area contributed by atoms with E-state index in [1.807, 2.05) is 9.80 Å². The molecule has 0 unspecified atom stereocenters. The van der Waals surface area contributed by atoms with E-state index in [4.69, 9.17) is 0 Å². The molecule has 3 rings (SSSR count). The van der Waals surface area contributed by atoms with Gasteiger partial charge in [0.2, 0.25) is 0 Å². The largest absolute Gasteiger partial charge is 0.338 e. The van der Waals surface area contributed by atoms with Crippen molar-refractivity contribution in [2.45, 2.75) is 37.5 Å². The number of thioether (sulfide) groups is 1. The van der Waals surface area contributed by atoms with Gasteiger partial charge >= 0.3 is 6.03 Å². The van der Waals surface area contributed by atoms with Crippen molar-refractivity contribution < 1.29 is 14.0 Å². The summed E-state index contributed by atoms with van der Waals surface area (Å²) >= 11 is 1.76. The van der Waals surface area contributed by atoms with Gasteiger partial charge < -0.3 is 15.1 Å². The minimum absolute atomic E-state index is 0.0247. The van der Waals surface area contributed by atoms with E-state index < -0.39 is 5.82 Å². The minimum atomic E-state index is -0.475. The van der Waals surface area contributed by atoms with Gasteiger partial charge in [-0.2, -0.15) is 0 Å². The molecular weight excluding hydrogens is 353 g/mol. The summed E-state index contributed by atoms with van der Waals surface area (Å²) in [5.74, 6) is 0.134. The number of halogens is 1. The minimum Gasteiger partial charge on any atom is -0.338 e. The average Bonchev–Trinajstić information content (AvgIpc) is 3.05. The molecule has 26 heavy (non-hydrogen) atoms. The van der Waals surface area contributed by atoms with Crippen LogP contribution in [0.3, 0.4) is 0 Å². The van der Waals surface area contributed by atoms with Crippen molar-refractivity contribution in [3.8, 4) is 0 Å². The maximum atomic E-state index is 14.0. The molecule has 0 aliphatic carbocycles. The van der Waals surface area contributed by atoms with Crippen LogP contribution in [0.1, 0.15) is 43.0 Å². The molecule has 3 amide bonds. The third-order valence-electron chi connectivity index (χ3n) is 5.17. The molecule has 2 aliphatic heterocycles. The molecule has 2 aliphatic rings. The molecule has 1 N–H and O–H groups in total. The normalized spacial score (nSPS) is 19.0. The summed E-state index contributed by atoms with van der Waals surface area (Å²) in [5, 5.41) is 2.95. The zero-order chi connectivity index (χ0) is 18.6. The van der Waals surface area contributed by atoms with Gasteiger partial charge in [0.05, 0.1) is 10.4 Å². The van der Waals surface area contributed by atoms with E-state index in [-0.39, 0.29) is 22.4 Å². The van der Waals surface area contributed by atoms with E-state index in [1.165, 1.54) is 6.07 Å². The van der Waals surface area contributed by atoms with Crippen LogP contribution in [-0.4, -0.2) is 58.5 Å². The Bertz CT molecular complexity index is 662. The van der Waals surface area contributed by atoms with Gasteiger partial charge in [0.1, 0.15) is 5.82 Å². The summed E-state index contributed by atoms with van der Waals surface area (Å²) in [6, 6.07) is 6.13. The van der Waals surface area contributed by atoms with Gasteiger partial charge in [0, 0.05) is 31.9 Å². The number of piperidine rings is 1. The van der Waals surface area contributed by atoms with Crippen LogP contribution >= 0.6 is 11.8 Å². The number of unbranched alkanes of at least 4 members (excludes halogenated alkanes) is 1. The summed E-state index contributed by atoms with van der Waals surface area (Å²) < 4.78 is 14.0. The first kappa shape index (κ1) is 19.0. The number of hydrogen-bond donors (Lipinski definition) is 1. The predicted molar refractivity (Wildman–Crippen MR) is 102 cm³/mol. The Balaban J connectivity index is 1.64. The molecule has 1 aromatic rings. The number of benzene rings is 1. The number of likely N-dealkylation sites (tertiary alicyclic amines) is 1. The van der Waals surface area contributed by atoms with Crippen molar-refractivity contribution in [2.24, 2.45) is 0 Å². The molecule has 0 saturated carbocycles. The van der Waals surface area contributed by atoms with Crippen LogP contribution in [0.25, 0.3) is 0 Å². The van der Waals surface area contributed by atoms with Crippen molar-refractivity contribution in [3.63, 3.8) is 0 Å². The van der Waals surface area contributed by atoms with Crippen LogP contribution < -0.4 is 5.32 Å². The van der Waals surface area contributed by atoms with Gasteiger partial charge in [-0.1, -0.05) is 25.5 Å². The second-order valence-electron chi connectivity index (χ2n) is 6.80. The Hall–Kier alpha value is -1.76. The number of carbonyl (C=O) groups excluding carboxylic acids is 2. The van der Waals surface area contributed by atoms with Crippen LogP contribution in [-0.2, 0) is 0 Å². The maximum Gasteiger partial charge on any atom is 0.317 e. The topological polar surface area (TPSA) is 52.7 Å². The van der Waals surface area contributed by atoms with Gasteiger partial charge in [0.15, 0.2) is 0 Å². The summed E-state index contributed by atoms with van der Waals surface area (Å²) in [4.78, 5) is 28.5. The fourth-order valence-corrected chi connectivity index (χ4v) is 5.09. The van der Waals surface area contributed by atoms with Gasteiger partial charge in [-0.05, 0) is 31.4 Å². The highest BCUT2D eigenvalue weighted by atomic mass is 32.2. The molecule has 0 bridgehead atoms. The number of carbonyl (C=O) groups is 2. The van der Waals surface area contributed by atoms with E-state index in [2.05, 4.69) is 12.2 Å². The summed E-state index contributed by atoms with van der Waals surface area (Å²) in [5.41, 5.74) is 0.133. The zero-order valence-corrected chi connectivity index (χ0v) is 16.0. The molecule has 2 fully saturated rings. The van der Waals surface area contributed by atoms with Gasteiger partial charge in [-0.25, -0.2) is 9.18 Å². The van der Waals surface area contributed by atoms with E-state index in [9.17, 15) is 14.0 Å². The Morgan fingerprint density at radius 2 is 1.96 bits per heavy atom. The Morgan fingerprint density at radius 1 is 1.23 bits per heavy atom. The van der Waals surface area contributed by atoms with Crippen molar-refractivity contribution in [3.05, 3.63) is 35.6 Å². The molecule has 2 saturated heterocycles. The maximum absolute atomic E-state index is 14.0. The third-order valence-corrected chi connectivity index (χ3v) is 6.72. The Labute approximate surface area is 158 Å². The summed E-state index contributed by atoms with van der Waals surface area (Å²) in [6.07, 6.45) is 3.47. The highest BCUT2D eigenvalue weighted by molar-refractivity contribution is 8.00. The molecule has 5 nitrogen and oxygen atoms in total. The lowest BCUT2D eigenvalue weighted by Gasteiger charge is -2.44. The number of rotatable bonds is 4. The van der Waals surface area contributed by atoms with Crippen molar-refractivity contribution >= 4 is 23.7 Å². The first-order chi connectivity index (χ1) is 12.6. The quantitative estimate of drug-likeness (QED) is 0.817. The van der Waals surface area contributed by atoms with E-state index >= 15 is 0 Å². The Morgan fingerprint density at radius 3 is 2.65 bits per heavy atom. The fraction of sp³-hybridized carbons (Fsp3) is 0.579. The van der Waals surface area contributed by atoms with Crippen LogP contribution in [0.15, 0.2) is 24.3 Å². The highest BCUT2D eigenvalue weighted by Crippen LogP contribution is 2.44. The second-order valence-corrected chi connectivity index (χ2v) is 8.26. The van der Waals surface area contributed by atoms with Crippen LogP contribution in [0.2, 0.25) is 0 Å². The van der Waals surface area contributed by atoms with E-state index in [1.54, 1.807) is 30.0 Å². The number of hydrogen-bond acceptors (Lipinski definition) is 3. The van der Waals surface area contributed by atoms with Gasteiger partial charge in [-0.3, -0.25) is 4.79 Å². The molecule has 0 atom stereocenters. The fourth-order valence-electron chi connectivity index (χ4n) is 3.63. The molecule has 1 aromatic carbocycles. The number of urea groups is 1. The smallest absolute Gasteiger partial charge is 0.317 e. The lowest BCUT2D eigenvalue weighted by molar-refractivity contribution is 0.0576. The van der Waals surface area contributed by atoms with E-state index in [0.29, 0.717) is 26.2 Å². The highest BCUT2D eigenvalue weighted by Gasteiger charge is 2.47. The summed E-state index contributed by atoms with van der Waals surface area (Å²) in [7, 11) is 0. The van der Waals surface area contributed by atoms with Crippen molar-refractivity contribution in [1.82, 2.24) is 15.1 Å². The third kappa shape index (κ3) is 3.82. The van der Waals surface area contributed by atoms with Crippen LogP contribution in [0, 0.1) is 5.82 Å². The first-order valence-electron chi connectivity index (χ1n) is 9.30. The lowest BCUT2D eigenvalue weighted by atomic mass is 10.0. The van der Waals surface area contributed by atoms with Crippen molar-refractivity contribution in [2.75, 3.05) is 31.9 Å². The molecule has 0 radical (unpaired) electrons. The number of nitrogens with zero attached hydrogens (tertiary/aromatic N) is 2. The van der Waals surface area contributed by atoms with Crippen molar-refractivity contribution in [1.29, 1.82) is 0 Å². The average molecular weight is 380 g/mol. The Kier molecular flexibility index (Phi) is 6.06. The molecule has 0 aromatic heterocycles. The number of amides is 3. The molecule has 7 heteroatoms. The molecule has 2 heterocycles. The number of nitrogens with one attached hydrogen (secondary N) is 1. The van der Waals surface area contributed by atoms with Crippen LogP contribution in [0.4, 0.5) is 9.18 Å². The van der Waals surface area contributed by atoms with Crippen LogP contribution in [0.5, 0.6) is 0 Å². The first-order valence-corrected chi connectivity index (χ1v) is 10.3. The monoisotopic (exact) mass is 379 g/mol. The molecule has 142 valence electrons.